The van der Waals surface area contributed by atoms with Crippen LogP contribution in [0.3, 0.4) is 0 Å². The molecule has 0 saturated carbocycles. The maximum absolute atomic E-state index is 12.8. The molecule has 0 unspecified atom stereocenters. The summed E-state index contributed by atoms with van der Waals surface area (Å²) in [6, 6.07) is 0. The SMILES string of the molecule is C#Cc1cncc(C)c1F. The molecule has 50 valence electrons. The van der Waals surface area contributed by atoms with Crippen LogP contribution in [0.15, 0.2) is 12.4 Å². The van der Waals surface area contributed by atoms with Crippen molar-refractivity contribution < 1.29 is 4.39 Å². The van der Waals surface area contributed by atoms with Crippen LogP contribution in [-0.2, 0) is 0 Å². The Kier molecular flexibility index (Phi) is 1.68. The van der Waals surface area contributed by atoms with E-state index in [1.165, 1.54) is 12.4 Å². The summed E-state index contributed by atoms with van der Waals surface area (Å²) in [6.45, 7) is 1.63. The molecule has 1 rings (SSSR count). The van der Waals surface area contributed by atoms with Gasteiger partial charge < -0.3 is 0 Å². The van der Waals surface area contributed by atoms with Gasteiger partial charge in [-0.3, -0.25) is 4.98 Å². The van der Waals surface area contributed by atoms with E-state index in [1.54, 1.807) is 6.92 Å². The van der Waals surface area contributed by atoms with E-state index < -0.39 is 0 Å². The van der Waals surface area contributed by atoms with Crippen molar-refractivity contribution in [1.29, 1.82) is 0 Å². The van der Waals surface area contributed by atoms with Crippen molar-refractivity contribution in [2.75, 3.05) is 0 Å². The first kappa shape index (κ1) is 6.76. The van der Waals surface area contributed by atoms with Gasteiger partial charge in [0.2, 0.25) is 0 Å². The smallest absolute Gasteiger partial charge is 0.144 e. The summed E-state index contributed by atoms with van der Waals surface area (Å²) in [6.07, 6.45) is 7.77. The van der Waals surface area contributed by atoms with Gasteiger partial charge in [0.1, 0.15) is 5.82 Å². The largest absolute Gasteiger partial charge is 0.263 e. The summed E-state index contributed by atoms with van der Waals surface area (Å²) in [4.78, 5) is 3.73. The lowest BCUT2D eigenvalue weighted by atomic mass is 10.2. The minimum atomic E-state index is -0.350. The molecule has 0 aromatic carbocycles. The standard InChI is InChI=1S/C8H6FN/c1-3-7-5-10-4-6(2)8(7)9/h1,4-5H,2H3. The van der Waals surface area contributed by atoms with E-state index in [-0.39, 0.29) is 11.4 Å². The van der Waals surface area contributed by atoms with E-state index in [9.17, 15) is 4.39 Å². The van der Waals surface area contributed by atoms with Crippen molar-refractivity contribution in [2.45, 2.75) is 6.92 Å². The molecule has 0 fully saturated rings. The molecule has 1 aromatic heterocycles. The number of aryl methyl sites for hydroxylation is 1. The summed E-state index contributed by atoms with van der Waals surface area (Å²) in [5.41, 5.74) is 0.704. The lowest BCUT2D eigenvalue weighted by Gasteiger charge is -1.95. The van der Waals surface area contributed by atoms with Gasteiger partial charge in [-0.2, -0.15) is 0 Å². The van der Waals surface area contributed by atoms with Crippen molar-refractivity contribution in [2.24, 2.45) is 0 Å². The zero-order chi connectivity index (χ0) is 7.56. The molecule has 0 radical (unpaired) electrons. The number of terminal acetylenes is 1. The first-order chi connectivity index (χ1) is 4.75. The van der Waals surface area contributed by atoms with E-state index in [4.69, 9.17) is 6.42 Å². The van der Waals surface area contributed by atoms with Crippen LogP contribution in [0.4, 0.5) is 4.39 Å². The van der Waals surface area contributed by atoms with Crippen LogP contribution in [0.2, 0.25) is 0 Å². The summed E-state index contributed by atoms with van der Waals surface area (Å²) in [7, 11) is 0. The third-order valence-electron chi connectivity index (χ3n) is 1.21. The molecule has 0 atom stereocenters. The lowest BCUT2D eigenvalue weighted by Crippen LogP contribution is -1.89. The minimum absolute atomic E-state index is 0.222. The van der Waals surface area contributed by atoms with Gasteiger partial charge in [-0.25, -0.2) is 4.39 Å². The Bertz CT molecular complexity index is 286. The topological polar surface area (TPSA) is 12.9 Å². The summed E-state index contributed by atoms with van der Waals surface area (Å²) in [5, 5.41) is 0. The summed E-state index contributed by atoms with van der Waals surface area (Å²) in [5.74, 6) is 1.85. The van der Waals surface area contributed by atoms with Gasteiger partial charge in [0.05, 0.1) is 5.56 Å². The Balaban J connectivity index is 3.31. The van der Waals surface area contributed by atoms with Crippen molar-refractivity contribution in [3.63, 3.8) is 0 Å². The first-order valence-corrected chi connectivity index (χ1v) is 2.82. The second kappa shape index (κ2) is 2.49. The normalized spacial score (nSPS) is 8.90. The molecule has 0 spiro atoms. The third kappa shape index (κ3) is 0.985. The van der Waals surface area contributed by atoms with Crippen LogP contribution in [0, 0.1) is 25.1 Å². The number of pyridine rings is 1. The molecular weight excluding hydrogens is 129 g/mol. The molecule has 0 aliphatic carbocycles. The highest BCUT2D eigenvalue weighted by molar-refractivity contribution is 5.33. The van der Waals surface area contributed by atoms with Crippen molar-refractivity contribution >= 4 is 0 Å². The Morgan fingerprint density at radius 3 is 2.80 bits per heavy atom. The quantitative estimate of drug-likeness (QED) is 0.491. The molecule has 1 aromatic rings. The molecule has 10 heavy (non-hydrogen) atoms. The zero-order valence-electron chi connectivity index (χ0n) is 5.56. The molecule has 0 aliphatic heterocycles. The molecule has 0 N–H and O–H groups in total. The molecule has 1 nitrogen and oxygen atoms in total. The molecule has 0 saturated heterocycles. The van der Waals surface area contributed by atoms with Gasteiger partial charge in [0, 0.05) is 18.0 Å². The van der Waals surface area contributed by atoms with Gasteiger partial charge in [0.15, 0.2) is 0 Å². The third-order valence-corrected chi connectivity index (χ3v) is 1.21. The second-order valence-corrected chi connectivity index (χ2v) is 1.96. The Morgan fingerprint density at radius 2 is 2.30 bits per heavy atom. The van der Waals surface area contributed by atoms with Crippen LogP contribution in [0.25, 0.3) is 0 Å². The van der Waals surface area contributed by atoms with Crippen LogP contribution < -0.4 is 0 Å². The number of aromatic nitrogens is 1. The molecule has 2 heteroatoms. The van der Waals surface area contributed by atoms with Gasteiger partial charge in [-0.15, -0.1) is 6.42 Å². The molecule has 0 amide bonds. The fourth-order valence-corrected chi connectivity index (χ4v) is 0.650. The van der Waals surface area contributed by atoms with E-state index in [0.717, 1.165) is 0 Å². The molecule has 1 heterocycles. The zero-order valence-corrected chi connectivity index (χ0v) is 5.56. The predicted molar refractivity (Wildman–Crippen MR) is 36.9 cm³/mol. The monoisotopic (exact) mass is 135 g/mol. The molecule has 0 aliphatic rings. The highest BCUT2D eigenvalue weighted by atomic mass is 19.1. The number of hydrogen-bond donors (Lipinski definition) is 0. The van der Waals surface area contributed by atoms with E-state index in [0.29, 0.717) is 5.56 Å². The van der Waals surface area contributed by atoms with Crippen LogP contribution in [-0.4, -0.2) is 4.98 Å². The van der Waals surface area contributed by atoms with Crippen molar-refractivity contribution in [3.8, 4) is 12.3 Å². The van der Waals surface area contributed by atoms with Crippen molar-refractivity contribution in [1.82, 2.24) is 4.98 Å². The van der Waals surface area contributed by atoms with E-state index in [2.05, 4.69) is 10.9 Å². The van der Waals surface area contributed by atoms with Crippen molar-refractivity contribution in [3.05, 3.63) is 29.3 Å². The van der Waals surface area contributed by atoms with Crippen LogP contribution >= 0.6 is 0 Å². The lowest BCUT2D eigenvalue weighted by molar-refractivity contribution is 0.612. The molecule has 0 bridgehead atoms. The summed E-state index contributed by atoms with van der Waals surface area (Å²) >= 11 is 0. The van der Waals surface area contributed by atoms with Gasteiger partial charge >= 0.3 is 0 Å². The highest BCUT2D eigenvalue weighted by Gasteiger charge is 2.00. The number of halogens is 1. The second-order valence-electron chi connectivity index (χ2n) is 1.96. The van der Waals surface area contributed by atoms with Crippen LogP contribution in [0.1, 0.15) is 11.1 Å². The fourth-order valence-electron chi connectivity index (χ4n) is 0.650. The first-order valence-electron chi connectivity index (χ1n) is 2.82. The molecular formula is C8H6FN. The van der Waals surface area contributed by atoms with Crippen LogP contribution in [0.5, 0.6) is 0 Å². The number of rotatable bonds is 0. The Labute approximate surface area is 58.9 Å². The fraction of sp³-hybridized carbons (Fsp3) is 0.125. The Hall–Kier alpha value is -1.36. The van der Waals surface area contributed by atoms with Gasteiger partial charge in [-0.05, 0) is 6.92 Å². The average Bonchev–Trinajstić information content (AvgIpc) is 1.95. The number of hydrogen-bond acceptors (Lipinski definition) is 1. The van der Waals surface area contributed by atoms with Gasteiger partial charge in [0.25, 0.3) is 0 Å². The number of nitrogens with zero attached hydrogens (tertiary/aromatic N) is 1. The predicted octanol–water partition coefficient (Wildman–Crippen LogP) is 1.51. The average molecular weight is 135 g/mol. The van der Waals surface area contributed by atoms with E-state index >= 15 is 0 Å². The van der Waals surface area contributed by atoms with Gasteiger partial charge in [-0.1, -0.05) is 5.92 Å². The highest BCUT2D eigenvalue weighted by Crippen LogP contribution is 2.07. The minimum Gasteiger partial charge on any atom is -0.263 e. The van der Waals surface area contributed by atoms with E-state index in [1.807, 2.05) is 0 Å². The Morgan fingerprint density at radius 1 is 1.60 bits per heavy atom. The summed E-state index contributed by atoms with van der Waals surface area (Å²) < 4.78 is 12.8. The maximum atomic E-state index is 12.8. The maximum Gasteiger partial charge on any atom is 0.144 e.